The van der Waals surface area contributed by atoms with Gasteiger partial charge in [-0.25, -0.2) is 4.98 Å². The molecular formula is C11H14ClN3O2. The molecule has 6 heteroatoms. The Bertz CT molecular complexity index is 452. The number of anilines is 1. The lowest BCUT2D eigenvalue weighted by atomic mass is 10.1. The van der Waals surface area contributed by atoms with Crippen LogP contribution in [0.15, 0.2) is 12.3 Å². The van der Waals surface area contributed by atoms with Gasteiger partial charge in [-0.3, -0.25) is 10.1 Å². The summed E-state index contributed by atoms with van der Waals surface area (Å²) in [5, 5.41) is 10.9. The minimum atomic E-state index is -0.487. The van der Waals surface area contributed by atoms with Crippen LogP contribution >= 0.6 is 11.6 Å². The van der Waals surface area contributed by atoms with Crippen LogP contribution < -0.4 is 4.90 Å². The number of aromatic nitrogens is 1. The molecule has 0 saturated carbocycles. The van der Waals surface area contributed by atoms with Crippen LogP contribution in [0.4, 0.5) is 11.5 Å². The average molecular weight is 256 g/mol. The van der Waals surface area contributed by atoms with Crippen LogP contribution in [0, 0.1) is 16.0 Å². The summed E-state index contributed by atoms with van der Waals surface area (Å²) in [5.41, 5.74) is -0.0707. The first-order chi connectivity index (χ1) is 8.00. The molecule has 2 atom stereocenters. The van der Waals surface area contributed by atoms with Gasteiger partial charge in [0, 0.05) is 18.7 Å². The first kappa shape index (κ1) is 12.1. The largest absolute Gasteiger partial charge is 0.352 e. The normalized spacial score (nSPS) is 24.1. The van der Waals surface area contributed by atoms with Crippen LogP contribution in [0.1, 0.15) is 20.3 Å². The molecule has 1 fully saturated rings. The molecule has 0 amide bonds. The van der Waals surface area contributed by atoms with Gasteiger partial charge >= 0.3 is 0 Å². The fourth-order valence-electron chi connectivity index (χ4n) is 2.13. The molecule has 1 aliphatic rings. The van der Waals surface area contributed by atoms with Crippen molar-refractivity contribution in [3.63, 3.8) is 0 Å². The zero-order valence-corrected chi connectivity index (χ0v) is 10.5. The number of pyridine rings is 1. The molecule has 1 saturated heterocycles. The van der Waals surface area contributed by atoms with Gasteiger partial charge in [0.05, 0.1) is 9.95 Å². The molecule has 1 aromatic heterocycles. The van der Waals surface area contributed by atoms with Gasteiger partial charge in [0.2, 0.25) is 0 Å². The third-order valence-electron chi connectivity index (χ3n) is 3.43. The summed E-state index contributed by atoms with van der Waals surface area (Å²) in [5.74, 6) is 1.23. The highest BCUT2D eigenvalue weighted by Gasteiger charge is 2.30. The van der Waals surface area contributed by atoms with Gasteiger partial charge in [-0.1, -0.05) is 18.5 Å². The third kappa shape index (κ3) is 2.20. The number of halogens is 1. The predicted octanol–water partition coefficient (Wildman–Crippen LogP) is 2.88. The lowest BCUT2D eigenvalue weighted by Gasteiger charge is -2.25. The molecule has 1 aromatic rings. The Kier molecular flexibility index (Phi) is 3.19. The van der Waals surface area contributed by atoms with Crippen LogP contribution in [-0.4, -0.2) is 22.5 Å². The number of rotatable bonds is 2. The van der Waals surface area contributed by atoms with E-state index in [9.17, 15) is 10.1 Å². The Morgan fingerprint density at radius 3 is 2.76 bits per heavy atom. The maximum absolute atomic E-state index is 10.6. The van der Waals surface area contributed by atoms with Gasteiger partial charge in [0.15, 0.2) is 0 Å². The van der Waals surface area contributed by atoms with Crippen LogP contribution in [0.3, 0.4) is 0 Å². The SMILES string of the molecule is CC1CCN(c2ncc([N+](=O)[O-])cc2Cl)C1C. The summed E-state index contributed by atoms with van der Waals surface area (Å²) in [6, 6.07) is 1.72. The van der Waals surface area contributed by atoms with Crippen molar-refractivity contribution in [3.05, 3.63) is 27.4 Å². The quantitative estimate of drug-likeness (QED) is 0.602. The van der Waals surface area contributed by atoms with Crippen molar-refractivity contribution in [1.82, 2.24) is 4.98 Å². The standard InChI is InChI=1S/C11H14ClN3O2/c1-7-3-4-14(8(7)2)11-10(12)5-9(6-13-11)15(16)17/h5-8H,3-4H2,1-2H3. The van der Waals surface area contributed by atoms with E-state index in [1.165, 1.54) is 12.3 Å². The van der Waals surface area contributed by atoms with Gasteiger partial charge < -0.3 is 4.90 Å². The summed E-state index contributed by atoms with van der Waals surface area (Å²) in [6.45, 7) is 5.20. The fraction of sp³-hybridized carbons (Fsp3) is 0.545. The van der Waals surface area contributed by atoms with E-state index in [4.69, 9.17) is 11.6 Å². The lowest BCUT2D eigenvalue weighted by Crippen LogP contribution is -2.30. The van der Waals surface area contributed by atoms with E-state index in [-0.39, 0.29) is 5.69 Å². The first-order valence-electron chi connectivity index (χ1n) is 5.57. The molecule has 5 nitrogen and oxygen atoms in total. The van der Waals surface area contributed by atoms with E-state index >= 15 is 0 Å². The van der Waals surface area contributed by atoms with Crippen molar-refractivity contribution in [1.29, 1.82) is 0 Å². The molecule has 2 unspecified atom stereocenters. The zero-order valence-electron chi connectivity index (χ0n) is 9.76. The molecule has 0 bridgehead atoms. The molecular weight excluding hydrogens is 242 g/mol. The van der Waals surface area contributed by atoms with Crippen molar-refractivity contribution >= 4 is 23.1 Å². The number of hydrogen-bond acceptors (Lipinski definition) is 4. The fourth-order valence-corrected chi connectivity index (χ4v) is 2.39. The Hall–Kier alpha value is -1.36. The second kappa shape index (κ2) is 4.49. The summed E-state index contributed by atoms with van der Waals surface area (Å²) in [7, 11) is 0. The maximum Gasteiger partial charge on any atom is 0.289 e. The van der Waals surface area contributed by atoms with Crippen LogP contribution in [0.25, 0.3) is 0 Å². The highest BCUT2D eigenvalue weighted by molar-refractivity contribution is 6.33. The van der Waals surface area contributed by atoms with Crippen molar-refractivity contribution < 1.29 is 4.92 Å². The molecule has 0 spiro atoms. The molecule has 92 valence electrons. The molecule has 0 N–H and O–H groups in total. The van der Waals surface area contributed by atoms with E-state index < -0.39 is 4.92 Å². The van der Waals surface area contributed by atoms with Crippen molar-refractivity contribution in [2.45, 2.75) is 26.3 Å². The van der Waals surface area contributed by atoms with E-state index in [1.807, 2.05) is 0 Å². The van der Waals surface area contributed by atoms with Gasteiger partial charge in [-0.15, -0.1) is 0 Å². The minimum absolute atomic E-state index is 0.0707. The highest BCUT2D eigenvalue weighted by Crippen LogP contribution is 2.33. The molecule has 2 rings (SSSR count). The van der Waals surface area contributed by atoms with Crippen LogP contribution in [0.2, 0.25) is 5.02 Å². The van der Waals surface area contributed by atoms with E-state index in [0.29, 0.717) is 22.8 Å². The Labute approximate surface area is 105 Å². The lowest BCUT2D eigenvalue weighted by molar-refractivity contribution is -0.385. The Morgan fingerprint density at radius 1 is 1.59 bits per heavy atom. The number of nitrogens with zero attached hydrogens (tertiary/aromatic N) is 3. The van der Waals surface area contributed by atoms with Crippen molar-refractivity contribution in [2.75, 3.05) is 11.4 Å². The summed E-state index contributed by atoms with van der Waals surface area (Å²) in [6.07, 6.45) is 2.35. The molecule has 17 heavy (non-hydrogen) atoms. The van der Waals surface area contributed by atoms with Gasteiger partial charge in [-0.05, 0) is 19.3 Å². The van der Waals surface area contributed by atoms with Gasteiger partial charge in [0.25, 0.3) is 5.69 Å². The summed E-state index contributed by atoms with van der Waals surface area (Å²) in [4.78, 5) is 16.3. The summed E-state index contributed by atoms with van der Waals surface area (Å²) >= 11 is 6.06. The second-order valence-electron chi connectivity index (χ2n) is 4.46. The Morgan fingerprint density at radius 2 is 2.29 bits per heavy atom. The monoisotopic (exact) mass is 255 g/mol. The summed E-state index contributed by atoms with van der Waals surface area (Å²) < 4.78 is 0. The number of nitro groups is 1. The average Bonchev–Trinajstić information content (AvgIpc) is 2.60. The molecule has 1 aliphatic heterocycles. The van der Waals surface area contributed by atoms with Gasteiger partial charge in [-0.2, -0.15) is 0 Å². The zero-order chi connectivity index (χ0) is 12.6. The maximum atomic E-state index is 10.6. The van der Waals surface area contributed by atoms with E-state index in [1.54, 1.807) is 0 Å². The topological polar surface area (TPSA) is 59.3 Å². The predicted molar refractivity (Wildman–Crippen MR) is 66.5 cm³/mol. The van der Waals surface area contributed by atoms with Gasteiger partial charge in [0.1, 0.15) is 12.0 Å². The molecule has 2 heterocycles. The second-order valence-corrected chi connectivity index (χ2v) is 4.86. The Balaban J connectivity index is 2.31. The third-order valence-corrected chi connectivity index (χ3v) is 3.71. The van der Waals surface area contributed by atoms with Crippen LogP contribution in [0.5, 0.6) is 0 Å². The molecule has 0 radical (unpaired) electrons. The van der Waals surface area contributed by atoms with Crippen molar-refractivity contribution in [3.8, 4) is 0 Å². The minimum Gasteiger partial charge on any atom is -0.352 e. The van der Waals surface area contributed by atoms with Crippen molar-refractivity contribution in [2.24, 2.45) is 5.92 Å². The van der Waals surface area contributed by atoms with Crippen LogP contribution in [-0.2, 0) is 0 Å². The highest BCUT2D eigenvalue weighted by atomic mass is 35.5. The first-order valence-corrected chi connectivity index (χ1v) is 5.95. The molecule has 0 aliphatic carbocycles. The number of hydrogen-bond donors (Lipinski definition) is 0. The van der Waals surface area contributed by atoms with E-state index in [0.717, 1.165) is 13.0 Å². The van der Waals surface area contributed by atoms with E-state index in [2.05, 4.69) is 23.7 Å². The smallest absolute Gasteiger partial charge is 0.289 e. The molecule has 0 aromatic carbocycles.